The van der Waals surface area contributed by atoms with E-state index in [1.54, 1.807) is 0 Å². The second kappa shape index (κ2) is 7.57. The van der Waals surface area contributed by atoms with Crippen molar-refractivity contribution in [2.45, 2.75) is 50.7 Å². The smallest absolute Gasteiger partial charge is 0.220 e. The summed E-state index contributed by atoms with van der Waals surface area (Å²) < 4.78 is 5.66. The average molecular weight is 290 g/mol. The lowest BCUT2D eigenvalue weighted by atomic mass is 9.91. The first-order chi connectivity index (χ1) is 10.1. The Bertz CT molecular complexity index is 443. The molecule has 1 aromatic rings. The van der Waals surface area contributed by atoms with Crippen LogP contribution < -0.4 is 11.1 Å². The number of hydrogen-bond acceptors (Lipinski definition) is 3. The third kappa shape index (κ3) is 4.55. The third-order valence-electron chi connectivity index (χ3n) is 4.20. The van der Waals surface area contributed by atoms with Gasteiger partial charge in [-0.1, -0.05) is 30.3 Å². The Kier molecular flexibility index (Phi) is 5.76. The molecule has 1 amide bonds. The van der Waals surface area contributed by atoms with E-state index < -0.39 is 5.54 Å². The largest absolute Gasteiger partial charge is 0.378 e. The number of nitrogens with one attached hydrogen (secondary N) is 1. The zero-order valence-corrected chi connectivity index (χ0v) is 12.8. The van der Waals surface area contributed by atoms with Crippen LogP contribution in [0.5, 0.6) is 0 Å². The highest BCUT2D eigenvalue weighted by atomic mass is 16.5. The summed E-state index contributed by atoms with van der Waals surface area (Å²) in [5, 5.41) is 3.08. The molecule has 0 aromatic heterocycles. The molecule has 1 aliphatic rings. The molecule has 0 spiro atoms. The number of rotatable bonds is 6. The zero-order valence-electron chi connectivity index (χ0n) is 12.8. The standard InChI is InChI=1S/C17H26N2O2/c1-17(13-18,14-7-3-2-4-8-14)19-16(20)11-10-15-9-5-6-12-21-15/h2-4,7-8,15H,5-6,9-13,18H2,1H3,(H,19,20). The SMILES string of the molecule is CC(CN)(NC(=O)CCC1CCCCO1)c1ccccc1. The number of carbonyl (C=O) groups is 1. The number of benzene rings is 1. The van der Waals surface area contributed by atoms with Gasteiger partial charge in [-0.05, 0) is 38.2 Å². The van der Waals surface area contributed by atoms with Gasteiger partial charge in [0.2, 0.25) is 5.91 Å². The predicted octanol–water partition coefficient (Wildman–Crippen LogP) is 2.33. The Hall–Kier alpha value is -1.39. The molecule has 0 radical (unpaired) electrons. The maximum absolute atomic E-state index is 12.2. The fourth-order valence-corrected chi connectivity index (χ4v) is 2.74. The molecule has 1 heterocycles. The van der Waals surface area contributed by atoms with E-state index in [1.165, 1.54) is 6.42 Å². The maximum atomic E-state index is 12.2. The molecule has 0 aliphatic carbocycles. The fraction of sp³-hybridized carbons (Fsp3) is 0.588. The minimum Gasteiger partial charge on any atom is -0.378 e. The average Bonchev–Trinajstić information content (AvgIpc) is 2.54. The Balaban J connectivity index is 1.87. The zero-order chi connectivity index (χ0) is 15.1. The highest BCUT2D eigenvalue weighted by molar-refractivity contribution is 5.77. The minimum absolute atomic E-state index is 0.0426. The maximum Gasteiger partial charge on any atom is 0.220 e. The molecule has 1 aromatic carbocycles. The summed E-state index contributed by atoms with van der Waals surface area (Å²) in [6.07, 6.45) is 4.94. The van der Waals surface area contributed by atoms with Crippen LogP contribution >= 0.6 is 0 Å². The summed E-state index contributed by atoms with van der Waals surface area (Å²) in [5.41, 5.74) is 6.42. The van der Waals surface area contributed by atoms with Crippen molar-refractivity contribution in [3.63, 3.8) is 0 Å². The van der Waals surface area contributed by atoms with Crippen molar-refractivity contribution in [3.05, 3.63) is 35.9 Å². The lowest BCUT2D eigenvalue weighted by molar-refractivity contribution is -0.123. The highest BCUT2D eigenvalue weighted by Crippen LogP contribution is 2.21. The van der Waals surface area contributed by atoms with Crippen LogP contribution in [0.1, 0.15) is 44.6 Å². The van der Waals surface area contributed by atoms with E-state index in [9.17, 15) is 4.79 Å². The molecule has 3 N–H and O–H groups in total. The molecule has 4 nitrogen and oxygen atoms in total. The molecule has 1 aliphatic heterocycles. The molecule has 2 rings (SSSR count). The molecule has 21 heavy (non-hydrogen) atoms. The van der Waals surface area contributed by atoms with Gasteiger partial charge < -0.3 is 15.8 Å². The molecule has 1 fully saturated rings. The molecule has 2 unspecified atom stereocenters. The quantitative estimate of drug-likeness (QED) is 0.845. The van der Waals surface area contributed by atoms with E-state index in [0.717, 1.165) is 31.4 Å². The monoisotopic (exact) mass is 290 g/mol. The minimum atomic E-state index is -0.508. The van der Waals surface area contributed by atoms with Gasteiger partial charge in [0.1, 0.15) is 0 Å². The van der Waals surface area contributed by atoms with Gasteiger partial charge in [0.05, 0.1) is 11.6 Å². The van der Waals surface area contributed by atoms with Crippen molar-refractivity contribution in [2.75, 3.05) is 13.2 Å². The first kappa shape index (κ1) is 16.0. The lowest BCUT2D eigenvalue weighted by Gasteiger charge is -2.30. The summed E-state index contributed by atoms with van der Waals surface area (Å²) in [6.45, 7) is 3.18. The van der Waals surface area contributed by atoms with Crippen molar-refractivity contribution >= 4 is 5.91 Å². The Morgan fingerprint density at radius 2 is 2.14 bits per heavy atom. The van der Waals surface area contributed by atoms with Crippen molar-refractivity contribution in [2.24, 2.45) is 5.73 Å². The van der Waals surface area contributed by atoms with Gasteiger partial charge in [-0.25, -0.2) is 0 Å². The fourth-order valence-electron chi connectivity index (χ4n) is 2.74. The number of nitrogens with two attached hydrogens (primary N) is 1. The number of ether oxygens (including phenoxy) is 1. The molecule has 4 heteroatoms. The van der Waals surface area contributed by atoms with Gasteiger partial charge in [0.15, 0.2) is 0 Å². The van der Waals surface area contributed by atoms with Gasteiger partial charge in [-0.3, -0.25) is 4.79 Å². The van der Waals surface area contributed by atoms with Gasteiger partial charge in [-0.15, -0.1) is 0 Å². The Morgan fingerprint density at radius 3 is 2.76 bits per heavy atom. The van der Waals surface area contributed by atoms with E-state index >= 15 is 0 Å². The normalized spacial score (nSPS) is 21.5. The summed E-state index contributed by atoms with van der Waals surface area (Å²) >= 11 is 0. The number of amides is 1. The molecule has 1 saturated heterocycles. The van der Waals surface area contributed by atoms with Crippen molar-refractivity contribution in [1.29, 1.82) is 0 Å². The first-order valence-electron chi connectivity index (χ1n) is 7.82. The molecule has 2 atom stereocenters. The second-order valence-corrected chi connectivity index (χ2v) is 5.98. The number of hydrogen-bond donors (Lipinski definition) is 2. The van der Waals surface area contributed by atoms with Crippen molar-refractivity contribution < 1.29 is 9.53 Å². The van der Waals surface area contributed by atoms with Crippen LogP contribution in [0.2, 0.25) is 0 Å². The number of carbonyl (C=O) groups excluding carboxylic acids is 1. The van der Waals surface area contributed by atoms with E-state index in [0.29, 0.717) is 13.0 Å². The molecule has 0 saturated carbocycles. The van der Waals surface area contributed by atoms with Crippen LogP contribution in [0.4, 0.5) is 0 Å². The molecular formula is C17H26N2O2. The van der Waals surface area contributed by atoms with Crippen LogP contribution in [0.25, 0.3) is 0 Å². The van der Waals surface area contributed by atoms with Crippen molar-refractivity contribution in [3.8, 4) is 0 Å². The molecule has 116 valence electrons. The summed E-state index contributed by atoms with van der Waals surface area (Å²) in [6, 6.07) is 9.88. The van der Waals surface area contributed by atoms with Gasteiger partial charge in [-0.2, -0.15) is 0 Å². The lowest BCUT2D eigenvalue weighted by Crippen LogP contribution is -2.48. The summed E-state index contributed by atoms with van der Waals surface area (Å²) in [7, 11) is 0. The van der Waals surface area contributed by atoms with Gasteiger partial charge in [0, 0.05) is 19.6 Å². The van der Waals surface area contributed by atoms with Gasteiger partial charge in [0.25, 0.3) is 0 Å². The van der Waals surface area contributed by atoms with E-state index in [2.05, 4.69) is 5.32 Å². The second-order valence-electron chi connectivity index (χ2n) is 5.98. The first-order valence-corrected chi connectivity index (χ1v) is 7.82. The summed E-state index contributed by atoms with van der Waals surface area (Å²) in [5.74, 6) is 0.0426. The third-order valence-corrected chi connectivity index (χ3v) is 4.20. The van der Waals surface area contributed by atoms with E-state index in [-0.39, 0.29) is 12.0 Å². The van der Waals surface area contributed by atoms with Crippen LogP contribution in [0.15, 0.2) is 30.3 Å². The Labute approximate surface area is 127 Å². The summed E-state index contributed by atoms with van der Waals surface area (Å²) in [4.78, 5) is 12.2. The Morgan fingerprint density at radius 1 is 1.38 bits per heavy atom. The van der Waals surface area contributed by atoms with E-state index in [4.69, 9.17) is 10.5 Å². The van der Waals surface area contributed by atoms with E-state index in [1.807, 2.05) is 37.3 Å². The molecule has 0 bridgehead atoms. The van der Waals surface area contributed by atoms with Crippen LogP contribution in [0.3, 0.4) is 0 Å². The molecular weight excluding hydrogens is 264 g/mol. The van der Waals surface area contributed by atoms with Crippen molar-refractivity contribution in [1.82, 2.24) is 5.32 Å². The van der Waals surface area contributed by atoms with Crippen LogP contribution in [0, 0.1) is 0 Å². The van der Waals surface area contributed by atoms with Crippen LogP contribution in [-0.2, 0) is 15.1 Å². The highest BCUT2D eigenvalue weighted by Gasteiger charge is 2.27. The predicted molar refractivity (Wildman–Crippen MR) is 83.8 cm³/mol. The topological polar surface area (TPSA) is 64.3 Å². The van der Waals surface area contributed by atoms with Gasteiger partial charge >= 0.3 is 0 Å². The van der Waals surface area contributed by atoms with Crippen LogP contribution in [-0.4, -0.2) is 25.2 Å².